The van der Waals surface area contributed by atoms with Crippen molar-refractivity contribution in [1.29, 1.82) is 0 Å². The number of allylic oxidation sites excluding steroid dienone is 2. The molecule has 2 N–H and O–H groups in total. The number of anilines is 1. The van der Waals surface area contributed by atoms with Gasteiger partial charge >= 0.3 is 5.97 Å². The molecule has 14 heteroatoms. The summed E-state index contributed by atoms with van der Waals surface area (Å²) in [6, 6.07) is 8.36. The van der Waals surface area contributed by atoms with Crippen molar-refractivity contribution in [2.24, 2.45) is 17.8 Å². The van der Waals surface area contributed by atoms with E-state index in [1.165, 1.54) is 43.5 Å². The number of aromatic carboxylic acids is 1. The van der Waals surface area contributed by atoms with Crippen molar-refractivity contribution in [3.05, 3.63) is 64.2 Å². The third-order valence-corrected chi connectivity index (χ3v) is 11.2. The molecule has 4 amide bonds. The van der Waals surface area contributed by atoms with E-state index in [0.29, 0.717) is 11.1 Å². The lowest BCUT2D eigenvalue weighted by Gasteiger charge is -2.50. The summed E-state index contributed by atoms with van der Waals surface area (Å²) in [6.45, 7) is 0. The number of benzene rings is 2. The monoisotopic (exact) mass is 710 g/mol. The van der Waals surface area contributed by atoms with E-state index >= 15 is 0 Å². The molecule has 2 aromatic rings. The lowest BCUT2D eigenvalue weighted by molar-refractivity contribution is -0.138. The number of carbonyl (C=O) groups is 5. The van der Waals surface area contributed by atoms with Crippen LogP contribution in [0.3, 0.4) is 0 Å². The number of likely N-dealkylation sites (tertiary alicyclic amines) is 1. The Morgan fingerprint density at radius 2 is 1.81 bits per heavy atom. The minimum atomic E-state index is -2.05. The van der Waals surface area contributed by atoms with Crippen LogP contribution in [0.4, 0.5) is 5.69 Å². The number of methoxy groups -OCH3 is 1. The SMILES string of the molecule is COc1cc(C2C3=CCC4C(=O)N(c5cccc(C(=O)O)c5)C(=O)C4C3CC3(Cl)C(=O)N(CBr)C(=O)C23Cl)cc(Cl)c1O. The maximum atomic E-state index is 14.1. The number of hydrogen-bond acceptors (Lipinski definition) is 7. The number of fused-ring (bicyclic) bond motifs is 4. The molecule has 6 rings (SSSR count). The van der Waals surface area contributed by atoms with E-state index in [4.69, 9.17) is 39.5 Å². The maximum Gasteiger partial charge on any atom is 0.335 e. The number of aromatic hydroxyl groups is 1. The summed E-state index contributed by atoms with van der Waals surface area (Å²) in [7, 11) is 1.32. The number of rotatable bonds is 5. The Labute approximate surface area is 268 Å². The molecule has 4 aliphatic rings. The van der Waals surface area contributed by atoms with Crippen LogP contribution in [0, 0.1) is 17.8 Å². The number of phenolic OH excluding ortho intramolecular Hbond substituents is 1. The summed E-state index contributed by atoms with van der Waals surface area (Å²) in [6.07, 6.45) is 1.64. The molecule has 3 fully saturated rings. The predicted octanol–water partition coefficient (Wildman–Crippen LogP) is 4.67. The smallest absolute Gasteiger partial charge is 0.335 e. The van der Waals surface area contributed by atoms with Gasteiger partial charge in [0.05, 0.1) is 40.7 Å². The van der Waals surface area contributed by atoms with Gasteiger partial charge in [-0.25, -0.2) is 4.79 Å². The second-order valence-corrected chi connectivity index (χ2v) is 13.1. The highest BCUT2D eigenvalue weighted by Crippen LogP contribution is 2.66. The first-order valence-electron chi connectivity index (χ1n) is 13.1. The fraction of sp³-hybridized carbons (Fsp3) is 0.345. The highest BCUT2D eigenvalue weighted by atomic mass is 79.9. The van der Waals surface area contributed by atoms with E-state index in [2.05, 4.69) is 15.9 Å². The number of carbonyl (C=O) groups excluding carboxylic acids is 4. The van der Waals surface area contributed by atoms with Crippen LogP contribution in [0.1, 0.15) is 34.7 Å². The lowest BCUT2D eigenvalue weighted by Crippen LogP contribution is -2.60. The summed E-state index contributed by atoms with van der Waals surface area (Å²) in [4.78, 5) is 64.8. The van der Waals surface area contributed by atoms with E-state index < -0.39 is 63.0 Å². The maximum absolute atomic E-state index is 14.1. The molecule has 6 atom stereocenters. The van der Waals surface area contributed by atoms with Crippen LogP contribution in [0.25, 0.3) is 0 Å². The normalized spacial score (nSPS) is 31.5. The third kappa shape index (κ3) is 3.94. The highest BCUT2D eigenvalue weighted by molar-refractivity contribution is 9.09. The zero-order valence-corrected chi connectivity index (χ0v) is 26.1. The zero-order chi connectivity index (χ0) is 31.2. The molecule has 2 saturated heterocycles. The minimum absolute atomic E-state index is 0.00919. The first kappa shape index (κ1) is 29.9. The van der Waals surface area contributed by atoms with Crippen LogP contribution >= 0.6 is 50.7 Å². The summed E-state index contributed by atoms with van der Waals surface area (Å²) >= 11 is 23.9. The van der Waals surface area contributed by atoms with Crippen molar-refractivity contribution < 1.29 is 38.9 Å². The van der Waals surface area contributed by atoms with Crippen molar-refractivity contribution in [3.63, 3.8) is 0 Å². The second kappa shape index (κ2) is 10.2. The molecule has 1 saturated carbocycles. The second-order valence-electron chi connectivity index (χ2n) is 10.9. The Kier molecular flexibility index (Phi) is 7.11. The quantitative estimate of drug-likeness (QED) is 0.197. The molecule has 0 radical (unpaired) electrons. The number of amides is 4. The Morgan fingerprint density at radius 1 is 1.09 bits per heavy atom. The van der Waals surface area contributed by atoms with Crippen LogP contribution in [0.2, 0.25) is 5.02 Å². The van der Waals surface area contributed by atoms with Crippen molar-refractivity contribution in [2.75, 3.05) is 17.5 Å². The molecule has 43 heavy (non-hydrogen) atoms. The molecule has 224 valence electrons. The van der Waals surface area contributed by atoms with Gasteiger partial charge in [-0.3, -0.25) is 29.0 Å². The van der Waals surface area contributed by atoms with Crippen LogP contribution in [-0.4, -0.2) is 67.0 Å². The number of hydrogen-bond donors (Lipinski definition) is 2. The summed E-state index contributed by atoms with van der Waals surface area (Å²) in [5.74, 6) is -7.87. The minimum Gasteiger partial charge on any atom is -0.503 e. The predicted molar refractivity (Wildman–Crippen MR) is 159 cm³/mol. The van der Waals surface area contributed by atoms with Crippen LogP contribution in [0.15, 0.2) is 48.0 Å². The molecule has 10 nitrogen and oxygen atoms in total. The van der Waals surface area contributed by atoms with E-state index in [-0.39, 0.29) is 46.1 Å². The van der Waals surface area contributed by atoms with Gasteiger partial charge in [0, 0.05) is 5.92 Å². The van der Waals surface area contributed by atoms with Gasteiger partial charge in [-0.2, -0.15) is 0 Å². The number of imide groups is 2. The molecule has 0 bridgehead atoms. The van der Waals surface area contributed by atoms with E-state index in [1.54, 1.807) is 6.08 Å². The van der Waals surface area contributed by atoms with Gasteiger partial charge in [0.25, 0.3) is 11.8 Å². The van der Waals surface area contributed by atoms with E-state index in [9.17, 15) is 34.2 Å². The molecule has 6 unspecified atom stereocenters. The zero-order valence-electron chi connectivity index (χ0n) is 22.2. The Bertz CT molecular complexity index is 1680. The van der Waals surface area contributed by atoms with Crippen molar-refractivity contribution in [2.45, 2.75) is 28.5 Å². The number of nitrogens with zero attached hydrogens (tertiary/aromatic N) is 2. The number of carboxylic acid groups (broad SMARTS) is 1. The number of ether oxygens (including phenoxy) is 1. The summed E-state index contributed by atoms with van der Waals surface area (Å²) in [5.41, 5.74) is 0.670. The van der Waals surface area contributed by atoms with Crippen LogP contribution < -0.4 is 9.64 Å². The lowest BCUT2D eigenvalue weighted by atomic mass is 9.56. The Morgan fingerprint density at radius 3 is 2.47 bits per heavy atom. The van der Waals surface area contributed by atoms with Gasteiger partial charge in [-0.15, -0.1) is 23.2 Å². The number of alkyl halides is 3. The average molecular weight is 713 g/mol. The Hall–Kier alpha value is -3.12. The van der Waals surface area contributed by atoms with Gasteiger partial charge < -0.3 is 14.9 Å². The fourth-order valence-corrected chi connectivity index (χ4v) is 8.72. The standard InChI is InChI=1S/C29H22BrCl3N2O8/c1-43-19-9-13(8-18(31)22(19)36)21-15-5-6-16-20(17(15)10-28(32)26(41)34(11-30)27(42)29(21,28)33)24(38)35(23(16)37)14-4-2-3-12(7-14)25(39)40/h2-5,7-9,16-17,20-21,36H,6,10-11H2,1H3,(H,39,40). The number of halogens is 4. The topological polar surface area (TPSA) is 142 Å². The average Bonchev–Trinajstić information content (AvgIpc) is 3.32. The van der Waals surface area contributed by atoms with Crippen LogP contribution in [0.5, 0.6) is 11.5 Å². The summed E-state index contributed by atoms with van der Waals surface area (Å²) in [5, 5.41) is 19.8. The van der Waals surface area contributed by atoms with Gasteiger partial charge in [0.2, 0.25) is 11.8 Å². The van der Waals surface area contributed by atoms with Gasteiger partial charge in [-0.1, -0.05) is 45.2 Å². The first-order valence-corrected chi connectivity index (χ1v) is 15.3. The van der Waals surface area contributed by atoms with E-state index in [1.807, 2.05) is 0 Å². The van der Waals surface area contributed by atoms with Gasteiger partial charge in [-0.05, 0) is 54.7 Å². The molecule has 2 aliphatic heterocycles. The molecule has 0 aromatic heterocycles. The Balaban J connectivity index is 1.53. The molecule has 0 spiro atoms. The highest BCUT2D eigenvalue weighted by Gasteiger charge is 2.76. The number of phenols is 1. The third-order valence-electron chi connectivity index (χ3n) is 8.97. The molecule has 2 aromatic carbocycles. The van der Waals surface area contributed by atoms with Crippen molar-refractivity contribution in [1.82, 2.24) is 4.90 Å². The number of carboxylic acids is 1. The van der Waals surface area contributed by atoms with E-state index in [0.717, 1.165) is 9.80 Å². The molecular formula is C29H22BrCl3N2O8. The summed E-state index contributed by atoms with van der Waals surface area (Å²) < 4.78 is 5.30. The fourth-order valence-electron chi connectivity index (χ4n) is 7.08. The largest absolute Gasteiger partial charge is 0.503 e. The first-order chi connectivity index (χ1) is 20.3. The van der Waals surface area contributed by atoms with Crippen molar-refractivity contribution in [3.8, 4) is 11.5 Å². The molecule has 2 aliphatic carbocycles. The van der Waals surface area contributed by atoms with Gasteiger partial charge in [0.15, 0.2) is 21.2 Å². The van der Waals surface area contributed by atoms with Crippen molar-refractivity contribution >= 4 is 86.0 Å². The van der Waals surface area contributed by atoms with Gasteiger partial charge in [0.1, 0.15) is 0 Å². The molecular weight excluding hydrogens is 691 g/mol. The molecule has 2 heterocycles. The van der Waals surface area contributed by atoms with Crippen LogP contribution in [-0.2, 0) is 19.2 Å².